The van der Waals surface area contributed by atoms with Crippen molar-refractivity contribution in [2.24, 2.45) is 0 Å². The minimum absolute atomic E-state index is 0.0819. The third-order valence-electron chi connectivity index (χ3n) is 5.43. The number of hydrogen-bond donors (Lipinski definition) is 0. The Morgan fingerprint density at radius 3 is 2.03 bits per heavy atom. The maximum absolute atomic E-state index is 13.9. The number of hydrogen-bond acceptors (Lipinski definition) is 6. The first kappa shape index (κ1) is 25.7. The Labute approximate surface area is 205 Å². The van der Waals surface area contributed by atoms with E-state index in [4.69, 9.17) is 13.9 Å². The molecule has 0 saturated heterocycles. The molecule has 192 valence electrons. The number of aryl methyl sites for hydroxylation is 1. The van der Waals surface area contributed by atoms with Gasteiger partial charge in [0.15, 0.2) is 11.9 Å². The second-order valence-corrected chi connectivity index (χ2v) is 7.83. The molecule has 3 aromatic carbocycles. The summed E-state index contributed by atoms with van der Waals surface area (Å²) in [6.45, 7) is 2.58. The van der Waals surface area contributed by atoms with Gasteiger partial charge in [-0.15, -0.1) is 0 Å². The van der Waals surface area contributed by atoms with Crippen LogP contribution in [0.2, 0.25) is 0 Å². The fourth-order valence-electron chi connectivity index (χ4n) is 3.55. The van der Waals surface area contributed by atoms with Crippen LogP contribution >= 0.6 is 0 Å². The molecule has 0 aliphatic carbocycles. The van der Waals surface area contributed by atoms with E-state index in [1.54, 1.807) is 31.2 Å². The summed E-state index contributed by atoms with van der Waals surface area (Å²) >= 11 is 0. The van der Waals surface area contributed by atoms with Crippen molar-refractivity contribution in [1.29, 1.82) is 0 Å². The SMILES string of the molecule is COc1ccc(-c2c(C)oc3cc(OC(=O)C(C)Oc4c(F)c(F)c(F)c(F)c4F)ccc3c2=O)cc1. The standard InChI is InChI=1S/C26H17F5O6/c1-11-18(13-4-6-14(34-3)7-5-13)24(32)16-9-8-15(10-17(16)35-11)37-26(33)12(2)36-25-22(30)20(28)19(27)21(29)23(25)31/h4-10,12H,1-3H3. The van der Waals surface area contributed by atoms with Gasteiger partial charge in [-0.05, 0) is 43.7 Å². The van der Waals surface area contributed by atoms with Gasteiger partial charge in [-0.2, -0.15) is 8.78 Å². The fourth-order valence-corrected chi connectivity index (χ4v) is 3.55. The van der Waals surface area contributed by atoms with E-state index in [9.17, 15) is 31.5 Å². The summed E-state index contributed by atoms with van der Waals surface area (Å²) < 4.78 is 88.3. The lowest BCUT2D eigenvalue weighted by Crippen LogP contribution is -2.29. The molecule has 0 N–H and O–H groups in total. The van der Waals surface area contributed by atoms with Crippen LogP contribution in [0.4, 0.5) is 22.0 Å². The van der Waals surface area contributed by atoms with E-state index >= 15 is 0 Å². The van der Waals surface area contributed by atoms with Gasteiger partial charge in [0.05, 0.1) is 18.1 Å². The number of rotatable bonds is 6. The highest BCUT2D eigenvalue weighted by atomic mass is 19.2. The van der Waals surface area contributed by atoms with Crippen LogP contribution in [0.1, 0.15) is 12.7 Å². The number of halogens is 5. The van der Waals surface area contributed by atoms with Gasteiger partial charge in [-0.3, -0.25) is 4.79 Å². The first-order valence-electron chi connectivity index (χ1n) is 10.6. The van der Waals surface area contributed by atoms with Crippen LogP contribution in [-0.2, 0) is 4.79 Å². The Balaban J connectivity index is 1.59. The van der Waals surface area contributed by atoms with Crippen LogP contribution in [-0.4, -0.2) is 19.2 Å². The van der Waals surface area contributed by atoms with E-state index in [2.05, 4.69) is 4.74 Å². The number of ether oxygens (including phenoxy) is 3. The van der Waals surface area contributed by atoms with Crippen LogP contribution in [0, 0.1) is 36.0 Å². The molecular weight excluding hydrogens is 503 g/mol. The predicted molar refractivity (Wildman–Crippen MR) is 121 cm³/mol. The van der Waals surface area contributed by atoms with Crippen molar-refractivity contribution in [1.82, 2.24) is 0 Å². The lowest BCUT2D eigenvalue weighted by Gasteiger charge is -2.16. The molecule has 0 fully saturated rings. The zero-order valence-corrected chi connectivity index (χ0v) is 19.5. The minimum Gasteiger partial charge on any atom is -0.497 e. The molecule has 0 spiro atoms. The van der Waals surface area contributed by atoms with Crippen molar-refractivity contribution in [3.8, 4) is 28.4 Å². The maximum atomic E-state index is 13.9. The molecule has 11 heteroatoms. The second-order valence-electron chi connectivity index (χ2n) is 7.83. The van der Waals surface area contributed by atoms with Crippen molar-refractivity contribution >= 4 is 16.9 Å². The summed E-state index contributed by atoms with van der Waals surface area (Å²) in [5.41, 5.74) is 0.663. The quantitative estimate of drug-likeness (QED) is 0.105. The number of carbonyl (C=O) groups is 1. The summed E-state index contributed by atoms with van der Waals surface area (Å²) in [5.74, 6) is -13.3. The molecule has 0 radical (unpaired) electrons. The Hall–Kier alpha value is -4.41. The molecule has 0 aliphatic heterocycles. The molecule has 1 aromatic heterocycles. The zero-order chi connectivity index (χ0) is 27.0. The molecule has 4 aromatic rings. The van der Waals surface area contributed by atoms with Gasteiger partial charge < -0.3 is 18.6 Å². The predicted octanol–water partition coefficient (Wildman–Crippen LogP) is 5.85. The molecule has 6 nitrogen and oxygen atoms in total. The lowest BCUT2D eigenvalue weighted by atomic mass is 10.0. The first-order valence-corrected chi connectivity index (χ1v) is 10.6. The molecule has 0 amide bonds. The molecular formula is C26H17F5O6. The van der Waals surface area contributed by atoms with Crippen molar-refractivity contribution in [2.75, 3.05) is 7.11 Å². The molecule has 0 aliphatic rings. The largest absolute Gasteiger partial charge is 0.497 e. The van der Waals surface area contributed by atoms with Gasteiger partial charge in [-0.1, -0.05) is 12.1 Å². The highest BCUT2D eigenvalue weighted by Crippen LogP contribution is 2.31. The second kappa shape index (κ2) is 9.92. The molecule has 1 unspecified atom stereocenters. The maximum Gasteiger partial charge on any atom is 0.352 e. The van der Waals surface area contributed by atoms with E-state index in [1.165, 1.54) is 25.3 Å². The Morgan fingerprint density at radius 1 is 0.865 bits per heavy atom. The van der Waals surface area contributed by atoms with E-state index in [0.717, 1.165) is 6.92 Å². The number of benzene rings is 3. The summed E-state index contributed by atoms with van der Waals surface area (Å²) in [4.78, 5) is 25.5. The number of methoxy groups -OCH3 is 1. The third-order valence-corrected chi connectivity index (χ3v) is 5.43. The zero-order valence-electron chi connectivity index (χ0n) is 19.5. The van der Waals surface area contributed by atoms with Gasteiger partial charge in [0.25, 0.3) is 0 Å². The highest BCUT2D eigenvalue weighted by Gasteiger charge is 2.30. The molecule has 0 saturated carbocycles. The Bertz CT molecular complexity index is 1550. The van der Waals surface area contributed by atoms with Crippen molar-refractivity contribution < 1.29 is 45.4 Å². The van der Waals surface area contributed by atoms with E-state index in [0.29, 0.717) is 16.9 Å². The summed E-state index contributed by atoms with van der Waals surface area (Å²) in [6, 6.07) is 10.6. The average molecular weight is 520 g/mol. The molecule has 0 bridgehead atoms. The van der Waals surface area contributed by atoms with Gasteiger partial charge in [0.2, 0.25) is 34.5 Å². The van der Waals surface area contributed by atoms with Crippen LogP contribution in [0.15, 0.2) is 51.7 Å². The van der Waals surface area contributed by atoms with Crippen LogP contribution in [0.3, 0.4) is 0 Å². The van der Waals surface area contributed by atoms with Crippen molar-refractivity contribution in [2.45, 2.75) is 20.0 Å². The monoisotopic (exact) mass is 520 g/mol. The molecule has 1 heterocycles. The summed E-state index contributed by atoms with van der Waals surface area (Å²) in [6.07, 6.45) is -1.77. The van der Waals surface area contributed by atoms with Crippen molar-refractivity contribution in [3.05, 3.63) is 87.5 Å². The highest BCUT2D eigenvalue weighted by molar-refractivity contribution is 5.85. The van der Waals surface area contributed by atoms with E-state index < -0.39 is 46.9 Å². The molecule has 37 heavy (non-hydrogen) atoms. The van der Waals surface area contributed by atoms with Gasteiger partial charge >= 0.3 is 5.97 Å². The summed E-state index contributed by atoms with van der Waals surface area (Å²) in [7, 11) is 1.51. The average Bonchev–Trinajstić information content (AvgIpc) is 2.88. The number of esters is 1. The third kappa shape index (κ3) is 4.72. The van der Waals surface area contributed by atoms with Crippen LogP contribution in [0.5, 0.6) is 17.2 Å². The topological polar surface area (TPSA) is 75.0 Å². The Morgan fingerprint density at radius 2 is 1.43 bits per heavy atom. The Kier molecular flexibility index (Phi) is 6.88. The van der Waals surface area contributed by atoms with Gasteiger partial charge in [0.1, 0.15) is 22.8 Å². The number of carbonyl (C=O) groups excluding carboxylic acids is 1. The summed E-state index contributed by atoms with van der Waals surface area (Å²) in [5, 5.41) is 0.182. The van der Waals surface area contributed by atoms with Gasteiger partial charge in [-0.25, -0.2) is 18.0 Å². The van der Waals surface area contributed by atoms with E-state index in [-0.39, 0.29) is 27.9 Å². The lowest BCUT2D eigenvalue weighted by molar-refractivity contribution is -0.141. The first-order chi connectivity index (χ1) is 17.5. The smallest absolute Gasteiger partial charge is 0.352 e. The van der Waals surface area contributed by atoms with Gasteiger partial charge in [0, 0.05) is 6.07 Å². The molecule has 4 rings (SSSR count). The number of fused-ring (bicyclic) bond motifs is 1. The normalized spacial score (nSPS) is 11.9. The van der Waals surface area contributed by atoms with E-state index in [1.807, 2.05) is 0 Å². The van der Waals surface area contributed by atoms with Crippen LogP contribution in [0.25, 0.3) is 22.1 Å². The molecule has 1 atom stereocenters. The van der Waals surface area contributed by atoms with Crippen LogP contribution < -0.4 is 19.6 Å². The minimum atomic E-state index is -2.36. The fraction of sp³-hybridized carbons (Fsp3) is 0.154. The van der Waals surface area contributed by atoms with Crippen molar-refractivity contribution in [3.63, 3.8) is 0 Å².